The highest BCUT2D eigenvalue weighted by molar-refractivity contribution is 5.82. The van der Waals surface area contributed by atoms with E-state index >= 15 is 0 Å². The van der Waals surface area contributed by atoms with Crippen LogP contribution in [-0.4, -0.2) is 35.5 Å². The third kappa shape index (κ3) is 2.64. The van der Waals surface area contributed by atoms with E-state index in [1.54, 1.807) is 0 Å². The normalized spacial score (nSPS) is 16.2. The maximum Gasteiger partial charge on any atom is 0.239 e. The minimum absolute atomic E-state index is 0.0135. The van der Waals surface area contributed by atoms with Crippen LogP contribution >= 0.6 is 0 Å². The van der Waals surface area contributed by atoms with E-state index in [0.29, 0.717) is 13.1 Å². The van der Waals surface area contributed by atoms with Crippen LogP contribution in [0.15, 0.2) is 6.07 Å². The van der Waals surface area contributed by atoms with Crippen molar-refractivity contribution in [2.24, 2.45) is 0 Å². The second-order valence-corrected chi connectivity index (χ2v) is 4.44. The average molecular weight is 235 g/mol. The second kappa shape index (κ2) is 4.57. The summed E-state index contributed by atoms with van der Waals surface area (Å²) in [5.74, 6) is 1.30. The van der Waals surface area contributed by atoms with Crippen molar-refractivity contribution in [1.29, 1.82) is 0 Å². The number of hydrogen-bond donors (Lipinski definition) is 2. The van der Waals surface area contributed by atoms with Crippen LogP contribution in [0.3, 0.4) is 0 Å². The molecule has 0 saturated carbocycles. The summed E-state index contributed by atoms with van der Waals surface area (Å²) in [6.45, 7) is 5.82. The average Bonchev–Trinajstić information content (AvgIpc) is 2.28. The maximum atomic E-state index is 11.3. The van der Waals surface area contributed by atoms with Crippen molar-refractivity contribution in [2.45, 2.75) is 19.8 Å². The quantitative estimate of drug-likeness (QED) is 0.760. The lowest BCUT2D eigenvalue weighted by Crippen LogP contribution is -2.48. The summed E-state index contributed by atoms with van der Waals surface area (Å²) in [5.41, 5.74) is 6.59. The first-order chi connectivity index (χ1) is 8.06. The fourth-order valence-electron chi connectivity index (χ4n) is 1.76. The Bertz CT molecular complexity index is 432. The summed E-state index contributed by atoms with van der Waals surface area (Å²) in [6, 6.07) is 1.90. The lowest BCUT2D eigenvalue weighted by molar-refractivity contribution is -0.120. The molecule has 1 aliphatic rings. The van der Waals surface area contributed by atoms with Gasteiger partial charge >= 0.3 is 0 Å². The molecule has 0 unspecified atom stereocenters. The fraction of sp³-hybridized carbons (Fsp3) is 0.545. The first-order valence-corrected chi connectivity index (χ1v) is 5.72. The largest absolute Gasteiger partial charge is 0.368 e. The Balaban J connectivity index is 2.28. The Labute approximate surface area is 100 Å². The van der Waals surface area contributed by atoms with Crippen molar-refractivity contribution in [2.75, 3.05) is 30.3 Å². The standard InChI is InChI=1S/C11H17N5O/c1-7(2)8-5-9(15-11(12)14-8)16-4-3-13-10(17)6-16/h5,7H,3-4,6H2,1-2H3,(H,13,17)(H2,12,14,15). The summed E-state index contributed by atoms with van der Waals surface area (Å²) in [6.07, 6.45) is 0. The number of anilines is 2. The molecule has 2 heterocycles. The molecule has 6 heteroatoms. The molecule has 1 saturated heterocycles. The molecule has 1 aromatic heterocycles. The van der Waals surface area contributed by atoms with Crippen molar-refractivity contribution in [3.8, 4) is 0 Å². The molecule has 2 rings (SSSR count). The number of nitrogens with two attached hydrogens (primary N) is 1. The first-order valence-electron chi connectivity index (χ1n) is 5.72. The van der Waals surface area contributed by atoms with Crippen LogP contribution < -0.4 is 16.0 Å². The van der Waals surface area contributed by atoms with Gasteiger partial charge in [0, 0.05) is 19.2 Å². The molecule has 0 bridgehead atoms. The molecule has 0 radical (unpaired) electrons. The highest BCUT2D eigenvalue weighted by Crippen LogP contribution is 2.19. The highest BCUT2D eigenvalue weighted by atomic mass is 16.2. The summed E-state index contributed by atoms with van der Waals surface area (Å²) in [7, 11) is 0. The van der Waals surface area contributed by atoms with Crippen LogP contribution in [0.2, 0.25) is 0 Å². The van der Waals surface area contributed by atoms with Crippen LogP contribution in [0, 0.1) is 0 Å². The lowest BCUT2D eigenvalue weighted by atomic mass is 10.1. The molecule has 0 spiro atoms. The van der Waals surface area contributed by atoms with Gasteiger partial charge in [-0.1, -0.05) is 13.8 Å². The van der Waals surface area contributed by atoms with E-state index in [1.807, 2.05) is 11.0 Å². The van der Waals surface area contributed by atoms with Crippen molar-refractivity contribution in [3.63, 3.8) is 0 Å². The Hall–Kier alpha value is -1.85. The number of piperazine rings is 1. The highest BCUT2D eigenvalue weighted by Gasteiger charge is 2.19. The topological polar surface area (TPSA) is 84.1 Å². The van der Waals surface area contributed by atoms with E-state index < -0.39 is 0 Å². The Kier molecular flexibility index (Phi) is 3.12. The van der Waals surface area contributed by atoms with Gasteiger partial charge in [-0.05, 0) is 5.92 Å². The van der Waals surface area contributed by atoms with Crippen LogP contribution in [0.4, 0.5) is 11.8 Å². The van der Waals surface area contributed by atoms with Gasteiger partial charge < -0.3 is 16.0 Å². The molecular weight excluding hydrogens is 218 g/mol. The zero-order chi connectivity index (χ0) is 12.4. The second-order valence-electron chi connectivity index (χ2n) is 4.44. The minimum atomic E-state index is 0.0135. The SMILES string of the molecule is CC(C)c1cc(N2CCNC(=O)C2)nc(N)n1. The zero-order valence-corrected chi connectivity index (χ0v) is 10.1. The molecule has 1 amide bonds. The van der Waals surface area contributed by atoms with Crippen molar-refractivity contribution >= 4 is 17.7 Å². The molecule has 1 fully saturated rings. The van der Waals surface area contributed by atoms with Gasteiger partial charge in [-0.3, -0.25) is 4.79 Å². The van der Waals surface area contributed by atoms with E-state index in [-0.39, 0.29) is 17.8 Å². The number of nitrogen functional groups attached to an aromatic ring is 1. The van der Waals surface area contributed by atoms with Crippen molar-refractivity contribution in [1.82, 2.24) is 15.3 Å². The molecule has 92 valence electrons. The molecule has 3 N–H and O–H groups in total. The predicted molar refractivity (Wildman–Crippen MR) is 65.8 cm³/mol. The number of carbonyl (C=O) groups excluding carboxylic acids is 1. The molecule has 0 aliphatic carbocycles. The Morgan fingerprint density at radius 2 is 2.24 bits per heavy atom. The first kappa shape index (κ1) is 11.6. The lowest BCUT2D eigenvalue weighted by Gasteiger charge is -2.28. The smallest absolute Gasteiger partial charge is 0.239 e. The zero-order valence-electron chi connectivity index (χ0n) is 10.1. The van der Waals surface area contributed by atoms with E-state index in [1.165, 1.54) is 0 Å². The molecule has 6 nitrogen and oxygen atoms in total. The number of aromatic nitrogens is 2. The molecule has 1 aliphatic heterocycles. The minimum Gasteiger partial charge on any atom is -0.368 e. The van der Waals surface area contributed by atoms with E-state index in [0.717, 1.165) is 18.1 Å². The predicted octanol–water partition coefficient (Wildman–Crippen LogP) is 0.118. The third-order valence-electron chi connectivity index (χ3n) is 2.70. The van der Waals surface area contributed by atoms with Gasteiger partial charge in [-0.25, -0.2) is 4.98 Å². The van der Waals surface area contributed by atoms with Gasteiger partial charge in [0.25, 0.3) is 0 Å². The summed E-state index contributed by atoms with van der Waals surface area (Å²) in [4.78, 5) is 21.6. The maximum absolute atomic E-state index is 11.3. The van der Waals surface area contributed by atoms with Crippen molar-refractivity contribution < 1.29 is 4.79 Å². The molecule has 1 aromatic rings. The number of rotatable bonds is 2. The van der Waals surface area contributed by atoms with Crippen LogP contribution in [0.5, 0.6) is 0 Å². The number of amides is 1. The van der Waals surface area contributed by atoms with Crippen LogP contribution in [0.25, 0.3) is 0 Å². The molecule has 0 aromatic carbocycles. The molecule has 0 atom stereocenters. The van der Waals surface area contributed by atoms with Crippen LogP contribution in [0.1, 0.15) is 25.5 Å². The number of nitrogens with one attached hydrogen (secondary N) is 1. The number of hydrogen-bond acceptors (Lipinski definition) is 5. The van der Waals surface area contributed by atoms with Gasteiger partial charge in [0.1, 0.15) is 5.82 Å². The monoisotopic (exact) mass is 235 g/mol. The molecular formula is C11H17N5O. The van der Waals surface area contributed by atoms with Crippen LogP contribution in [-0.2, 0) is 4.79 Å². The van der Waals surface area contributed by atoms with Gasteiger partial charge in [0.2, 0.25) is 11.9 Å². The Morgan fingerprint density at radius 3 is 2.88 bits per heavy atom. The summed E-state index contributed by atoms with van der Waals surface area (Å²) < 4.78 is 0. The summed E-state index contributed by atoms with van der Waals surface area (Å²) >= 11 is 0. The van der Waals surface area contributed by atoms with Gasteiger partial charge in [-0.2, -0.15) is 4.98 Å². The summed E-state index contributed by atoms with van der Waals surface area (Å²) in [5, 5.41) is 2.78. The van der Waals surface area contributed by atoms with Gasteiger partial charge in [-0.15, -0.1) is 0 Å². The number of nitrogens with zero attached hydrogens (tertiary/aromatic N) is 3. The van der Waals surface area contributed by atoms with E-state index in [2.05, 4.69) is 29.1 Å². The number of carbonyl (C=O) groups is 1. The van der Waals surface area contributed by atoms with E-state index in [4.69, 9.17) is 5.73 Å². The van der Waals surface area contributed by atoms with E-state index in [9.17, 15) is 4.79 Å². The van der Waals surface area contributed by atoms with Crippen molar-refractivity contribution in [3.05, 3.63) is 11.8 Å². The molecule has 17 heavy (non-hydrogen) atoms. The van der Waals surface area contributed by atoms with Gasteiger partial charge in [0.15, 0.2) is 0 Å². The third-order valence-corrected chi connectivity index (χ3v) is 2.70. The fourth-order valence-corrected chi connectivity index (χ4v) is 1.76. The van der Waals surface area contributed by atoms with Gasteiger partial charge in [0.05, 0.1) is 12.2 Å². The Morgan fingerprint density at radius 1 is 1.47 bits per heavy atom.